The molecule has 0 radical (unpaired) electrons. The molecular weight excluding hydrogens is 261 g/mol. The highest BCUT2D eigenvalue weighted by Gasteiger charge is 2.10. The van der Waals surface area contributed by atoms with Crippen molar-refractivity contribution in [3.63, 3.8) is 0 Å². The van der Waals surface area contributed by atoms with Crippen LogP contribution in [0.3, 0.4) is 0 Å². The fourth-order valence-corrected chi connectivity index (χ4v) is 1.74. The molecule has 5 heteroatoms. The molecule has 0 atom stereocenters. The molecule has 0 saturated heterocycles. The molecular formula is C15H14FNO3. The monoisotopic (exact) mass is 275 g/mol. The summed E-state index contributed by atoms with van der Waals surface area (Å²) in [5, 5.41) is 12.1. The fourth-order valence-electron chi connectivity index (χ4n) is 1.74. The van der Waals surface area contributed by atoms with Gasteiger partial charge in [0.2, 0.25) is 0 Å². The second-order valence-corrected chi connectivity index (χ2v) is 4.16. The topological polar surface area (TPSA) is 58.6 Å². The van der Waals surface area contributed by atoms with Gasteiger partial charge in [0.1, 0.15) is 5.82 Å². The summed E-state index contributed by atoms with van der Waals surface area (Å²) in [5.41, 5.74) is 0.739. The first-order valence-electron chi connectivity index (χ1n) is 6.00. The van der Waals surface area contributed by atoms with Gasteiger partial charge in [0.15, 0.2) is 11.5 Å². The summed E-state index contributed by atoms with van der Waals surface area (Å²) in [7, 11) is 1.40. The lowest BCUT2D eigenvalue weighted by atomic mass is 10.1. The number of ether oxygens (including phenoxy) is 1. The number of amides is 1. The SMILES string of the molecule is COc1cc(C(=O)NCc2ccccc2F)ccc1O. The van der Waals surface area contributed by atoms with Crippen LogP contribution in [-0.4, -0.2) is 18.1 Å². The van der Waals surface area contributed by atoms with E-state index in [9.17, 15) is 14.3 Å². The molecule has 104 valence electrons. The molecule has 20 heavy (non-hydrogen) atoms. The molecule has 0 saturated carbocycles. The molecule has 2 rings (SSSR count). The van der Waals surface area contributed by atoms with Gasteiger partial charge >= 0.3 is 0 Å². The number of rotatable bonds is 4. The van der Waals surface area contributed by atoms with E-state index in [0.717, 1.165) is 0 Å². The van der Waals surface area contributed by atoms with Crippen molar-refractivity contribution in [1.82, 2.24) is 5.32 Å². The Morgan fingerprint density at radius 2 is 2.05 bits per heavy atom. The zero-order chi connectivity index (χ0) is 14.5. The van der Waals surface area contributed by atoms with Crippen molar-refractivity contribution >= 4 is 5.91 Å². The van der Waals surface area contributed by atoms with Gasteiger partial charge in [-0.15, -0.1) is 0 Å². The van der Waals surface area contributed by atoms with E-state index in [0.29, 0.717) is 11.1 Å². The van der Waals surface area contributed by atoms with Crippen LogP contribution in [0.15, 0.2) is 42.5 Å². The number of halogens is 1. The molecule has 2 aromatic carbocycles. The third-order valence-corrected chi connectivity index (χ3v) is 2.84. The molecule has 2 aromatic rings. The van der Waals surface area contributed by atoms with E-state index in [1.165, 1.54) is 31.4 Å². The normalized spacial score (nSPS) is 10.1. The molecule has 4 nitrogen and oxygen atoms in total. The van der Waals surface area contributed by atoms with Crippen LogP contribution >= 0.6 is 0 Å². The van der Waals surface area contributed by atoms with Gasteiger partial charge in [-0.2, -0.15) is 0 Å². The van der Waals surface area contributed by atoms with Gasteiger partial charge in [0.25, 0.3) is 5.91 Å². The summed E-state index contributed by atoms with van der Waals surface area (Å²) >= 11 is 0. The van der Waals surface area contributed by atoms with Crippen LogP contribution in [-0.2, 0) is 6.54 Å². The first-order valence-corrected chi connectivity index (χ1v) is 6.00. The first-order chi connectivity index (χ1) is 9.61. The minimum Gasteiger partial charge on any atom is -0.504 e. The number of methoxy groups -OCH3 is 1. The van der Waals surface area contributed by atoms with Crippen LogP contribution in [0.25, 0.3) is 0 Å². The highest BCUT2D eigenvalue weighted by Crippen LogP contribution is 2.26. The zero-order valence-electron chi connectivity index (χ0n) is 10.9. The zero-order valence-corrected chi connectivity index (χ0v) is 10.9. The predicted octanol–water partition coefficient (Wildman–Crippen LogP) is 2.47. The number of benzene rings is 2. The van der Waals surface area contributed by atoms with Gasteiger partial charge in [-0.1, -0.05) is 18.2 Å². The number of hydrogen-bond donors (Lipinski definition) is 2. The Morgan fingerprint density at radius 1 is 1.30 bits per heavy atom. The van der Waals surface area contributed by atoms with E-state index in [2.05, 4.69) is 5.32 Å². The second kappa shape index (κ2) is 6.06. The second-order valence-electron chi connectivity index (χ2n) is 4.16. The van der Waals surface area contributed by atoms with Crippen LogP contribution in [0.4, 0.5) is 4.39 Å². The molecule has 0 aliphatic heterocycles. The summed E-state index contributed by atoms with van der Waals surface area (Å²) in [5.74, 6) is -0.565. The Kier molecular flexibility index (Phi) is 4.20. The van der Waals surface area contributed by atoms with Crippen molar-refractivity contribution in [3.05, 3.63) is 59.4 Å². The van der Waals surface area contributed by atoms with Crippen LogP contribution in [0.5, 0.6) is 11.5 Å². The molecule has 0 spiro atoms. The molecule has 0 fully saturated rings. The summed E-state index contributed by atoms with van der Waals surface area (Å²) in [4.78, 5) is 11.9. The third-order valence-electron chi connectivity index (χ3n) is 2.84. The Balaban J connectivity index is 2.07. The van der Waals surface area contributed by atoms with Gasteiger partial charge in [-0.05, 0) is 24.3 Å². The largest absolute Gasteiger partial charge is 0.504 e. The van der Waals surface area contributed by atoms with E-state index in [1.807, 2.05) is 0 Å². The minimum atomic E-state index is -0.369. The number of carbonyl (C=O) groups is 1. The van der Waals surface area contributed by atoms with E-state index < -0.39 is 0 Å². The maximum Gasteiger partial charge on any atom is 0.251 e. The summed E-state index contributed by atoms with van der Waals surface area (Å²) in [6, 6.07) is 10.5. The van der Waals surface area contributed by atoms with Crippen LogP contribution in [0.1, 0.15) is 15.9 Å². The van der Waals surface area contributed by atoms with E-state index >= 15 is 0 Å². The molecule has 0 heterocycles. The quantitative estimate of drug-likeness (QED) is 0.901. The lowest BCUT2D eigenvalue weighted by Gasteiger charge is -2.08. The Hall–Kier alpha value is -2.56. The lowest BCUT2D eigenvalue weighted by molar-refractivity contribution is 0.0950. The molecule has 0 bridgehead atoms. The smallest absolute Gasteiger partial charge is 0.251 e. The molecule has 0 unspecified atom stereocenters. The van der Waals surface area contributed by atoms with Crippen molar-refractivity contribution < 1.29 is 19.0 Å². The number of phenols is 1. The molecule has 0 aromatic heterocycles. The van der Waals surface area contributed by atoms with Gasteiger partial charge in [0, 0.05) is 17.7 Å². The third kappa shape index (κ3) is 3.06. The lowest BCUT2D eigenvalue weighted by Crippen LogP contribution is -2.23. The average Bonchev–Trinajstić information content (AvgIpc) is 2.46. The predicted molar refractivity (Wildman–Crippen MR) is 72.2 cm³/mol. The standard InChI is InChI=1S/C15H14FNO3/c1-20-14-8-10(6-7-13(14)18)15(19)17-9-11-4-2-3-5-12(11)16/h2-8,18H,9H2,1H3,(H,17,19). The number of hydrogen-bond acceptors (Lipinski definition) is 3. The van der Waals surface area contributed by atoms with Crippen molar-refractivity contribution in [2.75, 3.05) is 7.11 Å². The number of aromatic hydroxyl groups is 1. The summed E-state index contributed by atoms with van der Waals surface area (Å²) in [6.45, 7) is 0.0920. The van der Waals surface area contributed by atoms with Gasteiger partial charge in [0.05, 0.1) is 7.11 Å². The molecule has 0 aliphatic rings. The van der Waals surface area contributed by atoms with Gasteiger partial charge in [-0.3, -0.25) is 4.79 Å². The Morgan fingerprint density at radius 3 is 2.75 bits per heavy atom. The fraction of sp³-hybridized carbons (Fsp3) is 0.133. The molecule has 1 amide bonds. The van der Waals surface area contributed by atoms with Crippen molar-refractivity contribution in [2.45, 2.75) is 6.54 Å². The molecule has 0 aliphatic carbocycles. The van der Waals surface area contributed by atoms with Crippen molar-refractivity contribution in [2.24, 2.45) is 0 Å². The maximum absolute atomic E-state index is 13.4. The highest BCUT2D eigenvalue weighted by atomic mass is 19.1. The highest BCUT2D eigenvalue weighted by molar-refractivity contribution is 5.94. The number of nitrogens with one attached hydrogen (secondary N) is 1. The first kappa shape index (κ1) is 13.9. The van der Waals surface area contributed by atoms with E-state index in [-0.39, 0.29) is 29.8 Å². The average molecular weight is 275 g/mol. The number of carbonyl (C=O) groups excluding carboxylic acids is 1. The maximum atomic E-state index is 13.4. The van der Waals surface area contributed by atoms with Crippen LogP contribution in [0.2, 0.25) is 0 Å². The minimum absolute atomic E-state index is 0.0434. The van der Waals surface area contributed by atoms with Gasteiger partial charge in [-0.25, -0.2) is 4.39 Å². The van der Waals surface area contributed by atoms with E-state index in [1.54, 1.807) is 18.2 Å². The Bertz CT molecular complexity index is 628. The summed E-state index contributed by atoms with van der Waals surface area (Å²) < 4.78 is 18.3. The summed E-state index contributed by atoms with van der Waals surface area (Å²) in [6.07, 6.45) is 0. The number of phenolic OH excluding ortho intramolecular Hbond substituents is 1. The van der Waals surface area contributed by atoms with Crippen molar-refractivity contribution in [1.29, 1.82) is 0 Å². The molecule has 2 N–H and O–H groups in total. The van der Waals surface area contributed by atoms with Crippen LogP contribution in [0, 0.1) is 5.82 Å². The van der Waals surface area contributed by atoms with Crippen molar-refractivity contribution in [3.8, 4) is 11.5 Å². The Labute approximate surface area is 115 Å². The van der Waals surface area contributed by atoms with Crippen LogP contribution < -0.4 is 10.1 Å². The van der Waals surface area contributed by atoms with E-state index in [4.69, 9.17) is 4.74 Å². The van der Waals surface area contributed by atoms with Gasteiger partial charge < -0.3 is 15.2 Å².